The van der Waals surface area contributed by atoms with E-state index in [0.717, 1.165) is 0 Å². The van der Waals surface area contributed by atoms with E-state index >= 15 is 0 Å². The summed E-state index contributed by atoms with van der Waals surface area (Å²) in [5.41, 5.74) is -4.17. The Labute approximate surface area is 185 Å². The van der Waals surface area contributed by atoms with Crippen LogP contribution in [0.4, 0.5) is 36.8 Å². The lowest BCUT2D eigenvalue weighted by Gasteiger charge is -2.22. The van der Waals surface area contributed by atoms with Crippen LogP contribution in [-0.2, 0) is 17.1 Å². The third-order valence-electron chi connectivity index (χ3n) is 4.56. The number of hydrogen-bond donors (Lipinski definition) is 1. The van der Waals surface area contributed by atoms with Crippen molar-refractivity contribution in [3.63, 3.8) is 0 Å². The first-order valence-electron chi connectivity index (χ1n) is 8.98. The fourth-order valence-electron chi connectivity index (χ4n) is 3.17. The second kappa shape index (κ2) is 8.06. The number of hydrogen-bond acceptors (Lipinski definition) is 5. The van der Waals surface area contributed by atoms with Crippen LogP contribution in [0.3, 0.4) is 0 Å². The molecule has 1 aliphatic heterocycles. The fourth-order valence-corrected chi connectivity index (χ4v) is 4.01. The number of nitrogens with one attached hydrogen (secondary N) is 1. The first-order chi connectivity index (χ1) is 15.5. The van der Waals surface area contributed by atoms with Crippen LogP contribution in [-0.4, -0.2) is 26.3 Å². The van der Waals surface area contributed by atoms with Gasteiger partial charge in [0.1, 0.15) is 6.33 Å². The van der Waals surface area contributed by atoms with Crippen molar-refractivity contribution in [1.82, 2.24) is 15.2 Å². The molecule has 0 saturated carbocycles. The zero-order chi connectivity index (χ0) is 24.0. The van der Waals surface area contributed by atoms with Crippen LogP contribution in [0.2, 0.25) is 0 Å². The maximum absolute atomic E-state index is 13.6. The van der Waals surface area contributed by atoms with Gasteiger partial charge in [0.2, 0.25) is 0 Å². The summed E-state index contributed by atoms with van der Waals surface area (Å²) < 4.78 is 80.4. The summed E-state index contributed by atoms with van der Waals surface area (Å²) in [7, 11) is 0. The van der Waals surface area contributed by atoms with Crippen LogP contribution in [0.5, 0.6) is 0 Å². The number of aromatic amines is 1. The summed E-state index contributed by atoms with van der Waals surface area (Å²) in [5.74, 6) is -0.680. The second-order valence-corrected chi connectivity index (χ2v) is 7.67. The van der Waals surface area contributed by atoms with Gasteiger partial charge in [-0.2, -0.15) is 26.3 Å². The van der Waals surface area contributed by atoms with Crippen LogP contribution in [0.15, 0.2) is 53.7 Å². The molecule has 2 amide bonds. The van der Waals surface area contributed by atoms with Crippen molar-refractivity contribution < 1.29 is 35.9 Å². The predicted molar refractivity (Wildman–Crippen MR) is 107 cm³/mol. The summed E-state index contributed by atoms with van der Waals surface area (Å²) in [6, 6.07) is 8.01. The molecule has 0 unspecified atom stereocenters. The molecule has 0 bridgehead atoms. The first-order valence-corrected chi connectivity index (χ1v) is 9.80. The maximum atomic E-state index is 13.6. The lowest BCUT2D eigenvalue weighted by molar-refractivity contribution is -0.161. The Morgan fingerprint density at radius 3 is 2.21 bits per heavy atom. The lowest BCUT2D eigenvalue weighted by Crippen LogP contribution is -2.31. The Hall–Kier alpha value is -3.61. The minimum Gasteiger partial charge on any atom is -0.328 e. The van der Waals surface area contributed by atoms with Crippen molar-refractivity contribution in [1.29, 1.82) is 0 Å². The number of nitrogens with zero attached hydrogens (tertiary/aromatic N) is 3. The molecular formula is C20H10F6N4O2S. The number of thioether (sulfide) groups is 1. The van der Waals surface area contributed by atoms with E-state index in [4.69, 9.17) is 0 Å². The van der Waals surface area contributed by atoms with E-state index in [2.05, 4.69) is 15.2 Å². The molecule has 1 aliphatic rings. The molecular weight excluding hydrogens is 474 g/mol. The van der Waals surface area contributed by atoms with Gasteiger partial charge in [0.15, 0.2) is 5.82 Å². The van der Waals surface area contributed by atoms with E-state index in [1.165, 1.54) is 12.4 Å². The number of carbonyl (C=O) groups is 2. The quantitative estimate of drug-likeness (QED) is 0.378. The number of carbonyl (C=O) groups excluding carboxylic acids is 2. The highest BCUT2D eigenvalue weighted by molar-refractivity contribution is 8.19. The monoisotopic (exact) mass is 484 g/mol. The maximum Gasteiger partial charge on any atom is 0.419 e. The van der Waals surface area contributed by atoms with Crippen molar-refractivity contribution >= 4 is 34.7 Å². The number of halogens is 6. The molecule has 4 rings (SSSR count). The molecule has 1 N–H and O–H groups in total. The third-order valence-corrected chi connectivity index (χ3v) is 5.43. The highest BCUT2D eigenvalue weighted by Gasteiger charge is 2.48. The van der Waals surface area contributed by atoms with Crippen molar-refractivity contribution in [2.24, 2.45) is 0 Å². The third kappa shape index (κ3) is 4.35. The topological polar surface area (TPSA) is 79.0 Å². The lowest BCUT2D eigenvalue weighted by atomic mass is 10.0. The minimum absolute atomic E-state index is 0.109. The first kappa shape index (κ1) is 22.6. The van der Waals surface area contributed by atoms with Gasteiger partial charge in [-0.3, -0.25) is 9.59 Å². The Morgan fingerprint density at radius 2 is 1.64 bits per heavy atom. The van der Waals surface area contributed by atoms with Crippen molar-refractivity contribution in [3.05, 3.63) is 70.4 Å². The molecule has 1 aromatic heterocycles. The van der Waals surface area contributed by atoms with Crippen molar-refractivity contribution in [2.75, 3.05) is 4.90 Å². The van der Waals surface area contributed by atoms with Crippen LogP contribution >= 0.6 is 11.8 Å². The summed E-state index contributed by atoms with van der Waals surface area (Å²) in [6.07, 6.45) is -8.17. The zero-order valence-electron chi connectivity index (χ0n) is 16.0. The van der Waals surface area contributed by atoms with Gasteiger partial charge in [0, 0.05) is 5.56 Å². The molecule has 0 atom stereocenters. The largest absolute Gasteiger partial charge is 0.419 e. The SMILES string of the molecule is O=C1S/C(=C\c2ccc(-c3nnc[nH]3)cc2)C(=O)N1c1cccc(C(F)(F)F)c1C(F)(F)F. The van der Waals surface area contributed by atoms with Crippen LogP contribution in [0.25, 0.3) is 17.5 Å². The van der Waals surface area contributed by atoms with E-state index in [1.807, 2.05) is 0 Å². The Morgan fingerprint density at radius 1 is 0.939 bits per heavy atom. The van der Waals surface area contributed by atoms with Crippen LogP contribution in [0.1, 0.15) is 16.7 Å². The molecule has 13 heteroatoms. The highest BCUT2D eigenvalue weighted by Crippen LogP contribution is 2.47. The van der Waals surface area contributed by atoms with Gasteiger partial charge in [-0.15, -0.1) is 10.2 Å². The molecule has 6 nitrogen and oxygen atoms in total. The number of H-pyrrole nitrogens is 1. The summed E-state index contributed by atoms with van der Waals surface area (Å²) in [5, 5.41) is 6.34. The summed E-state index contributed by atoms with van der Waals surface area (Å²) in [6.45, 7) is 0. The van der Waals surface area contributed by atoms with Gasteiger partial charge >= 0.3 is 12.4 Å². The molecule has 0 radical (unpaired) electrons. The predicted octanol–water partition coefficient (Wildman–Crippen LogP) is 5.75. The number of benzene rings is 2. The Kier molecular flexibility index (Phi) is 5.52. The molecule has 170 valence electrons. The average Bonchev–Trinajstić information content (AvgIpc) is 3.35. The molecule has 3 aromatic rings. The minimum atomic E-state index is -5.46. The summed E-state index contributed by atoms with van der Waals surface area (Å²) >= 11 is 0.328. The fraction of sp³-hybridized carbons (Fsp3) is 0.100. The van der Waals surface area contributed by atoms with Crippen LogP contribution in [0, 0.1) is 0 Å². The number of alkyl halides is 6. The molecule has 1 saturated heterocycles. The van der Waals surface area contributed by atoms with E-state index < -0.39 is 40.3 Å². The van der Waals surface area contributed by atoms with Gasteiger partial charge in [-0.25, -0.2) is 4.90 Å². The molecule has 1 fully saturated rings. The zero-order valence-corrected chi connectivity index (χ0v) is 16.8. The van der Waals surface area contributed by atoms with Gasteiger partial charge in [-0.05, 0) is 35.5 Å². The smallest absolute Gasteiger partial charge is 0.328 e. The summed E-state index contributed by atoms with van der Waals surface area (Å²) in [4.78, 5) is 27.8. The standard InChI is InChI=1S/C20H10F6N4O2S/c21-19(22,23)12-2-1-3-13(15(12)20(24,25)26)30-17(31)14(33-18(30)32)8-10-4-6-11(7-5-10)16-27-9-28-29-16/h1-9H,(H,27,28,29)/b14-8-. The average molecular weight is 484 g/mol. The van der Waals surface area contributed by atoms with Gasteiger partial charge in [-0.1, -0.05) is 30.3 Å². The molecule has 2 aromatic carbocycles. The van der Waals surface area contributed by atoms with Crippen molar-refractivity contribution in [3.8, 4) is 11.4 Å². The number of imide groups is 1. The Balaban J connectivity index is 1.71. The van der Waals surface area contributed by atoms with Gasteiger partial charge in [0.25, 0.3) is 11.1 Å². The number of anilines is 1. The van der Waals surface area contributed by atoms with E-state index in [0.29, 0.717) is 40.8 Å². The molecule has 2 heterocycles. The number of amides is 2. The second-order valence-electron chi connectivity index (χ2n) is 6.67. The number of rotatable bonds is 3. The van der Waals surface area contributed by atoms with Gasteiger partial charge < -0.3 is 4.98 Å². The van der Waals surface area contributed by atoms with Crippen LogP contribution < -0.4 is 4.90 Å². The molecule has 33 heavy (non-hydrogen) atoms. The molecule has 0 spiro atoms. The number of aromatic nitrogens is 3. The Bertz CT molecular complexity index is 1250. The van der Waals surface area contributed by atoms with E-state index in [-0.39, 0.29) is 15.9 Å². The van der Waals surface area contributed by atoms with Gasteiger partial charge in [0.05, 0.1) is 21.7 Å². The van der Waals surface area contributed by atoms with Crippen molar-refractivity contribution in [2.45, 2.75) is 12.4 Å². The highest BCUT2D eigenvalue weighted by atomic mass is 32.2. The normalized spacial score (nSPS) is 16.2. The van der Waals surface area contributed by atoms with E-state index in [1.54, 1.807) is 24.3 Å². The van der Waals surface area contributed by atoms with E-state index in [9.17, 15) is 35.9 Å². The molecule has 0 aliphatic carbocycles.